The number of benzene rings is 2. The van der Waals surface area contributed by atoms with E-state index >= 15 is 0 Å². The molecule has 2 nitrogen and oxygen atoms in total. The first-order valence-corrected chi connectivity index (χ1v) is 7.15. The van der Waals surface area contributed by atoms with Crippen molar-refractivity contribution >= 4 is 21.8 Å². The number of fused-ring (bicyclic) bond motifs is 3. The summed E-state index contributed by atoms with van der Waals surface area (Å²) in [6.07, 6.45) is 0. The third kappa shape index (κ3) is 1.83. The Kier molecular flexibility index (Phi) is 2.58. The highest BCUT2D eigenvalue weighted by Crippen LogP contribution is 2.31. The lowest BCUT2D eigenvalue weighted by atomic mass is 10.1. The Morgan fingerprint density at radius 2 is 1.62 bits per heavy atom. The first-order valence-electron chi connectivity index (χ1n) is 7.15. The molecule has 0 unspecified atom stereocenters. The van der Waals surface area contributed by atoms with Crippen molar-refractivity contribution < 1.29 is 0 Å². The van der Waals surface area contributed by atoms with Gasteiger partial charge in [-0.1, -0.05) is 30.3 Å². The highest BCUT2D eigenvalue weighted by molar-refractivity contribution is 6.09. The van der Waals surface area contributed by atoms with Crippen molar-refractivity contribution in [2.45, 2.75) is 6.92 Å². The first-order chi connectivity index (χ1) is 10.2. The molecule has 0 N–H and O–H groups in total. The molecule has 0 atom stereocenters. The molecular weight excluding hydrogens is 256 g/mol. The molecule has 0 spiro atoms. The average Bonchev–Trinajstić information content (AvgIpc) is 2.81. The van der Waals surface area contributed by atoms with Crippen molar-refractivity contribution in [2.24, 2.45) is 7.05 Å². The van der Waals surface area contributed by atoms with E-state index in [9.17, 15) is 0 Å². The Labute approximate surface area is 123 Å². The maximum Gasteiger partial charge on any atom is 0.0705 e. The van der Waals surface area contributed by atoms with Gasteiger partial charge >= 0.3 is 0 Å². The Balaban J connectivity index is 2.04. The van der Waals surface area contributed by atoms with Crippen LogP contribution in [-0.4, -0.2) is 9.55 Å². The first kappa shape index (κ1) is 12.2. The smallest absolute Gasteiger partial charge is 0.0705 e. The van der Waals surface area contributed by atoms with E-state index in [1.807, 2.05) is 13.0 Å². The average molecular weight is 272 g/mol. The molecule has 102 valence electrons. The van der Waals surface area contributed by atoms with Gasteiger partial charge in [0.2, 0.25) is 0 Å². The van der Waals surface area contributed by atoms with Crippen LogP contribution in [0.2, 0.25) is 0 Å². The summed E-state index contributed by atoms with van der Waals surface area (Å²) in [6.45, 7) is 2.03. The Morgan fingerprint density at radius 1 is 0.810 bits per heavy atom. The van der Waals surface area contributed by atoms with Gasteiger partial charge in [-0.15, -0.1) is 0 Å². The van der Waals surface area contributed by atoms with Crippen LogP contribution >= 0.6 is 0 Å². The molecule has 0 amide bonds. The number of aromatic nitrogens is 2. The topological polar surface area (TPSA) is 17.8 Å². The van der Waals surface area contributed by atoms with Crippen LogP contribution in [0, 0.1) is 6.92 Å². The van der Waals surface area contributed by atoms with E-state index in [1.165, 1.54) is 27.4 Å². The van der Waals surface area contributed by atoms with Crippen molar-refractivity contribution in [1.29, 1.82) is 0 Å². The zero-order chi connectivity index (χ0) is 14.4. The molecule has 2 aromatic heterocycles. The fraction of sp³-hybridized carbons (Fsp3) is 0.105. The zero-order valence-electron chi connectivity index (χ0n) is 12.2. The number of aryl methyl sites for hydroxylation is 2. The molecule has 0 saturated heterocycles. The summed E-state index contributed by atoms with van der Waals surface area (Å²) in [4.78, 5) is 4.63. The van der Waals surface area contributed by atoms with Crippen molar-refractivity contribution in [2.75, 3.05) is 0 Å². The molecule has 2 heteroatoms. The molecular formula is C19H16N2. The van der Waals surface area contributed by atoms with Crippen LogP contribution in [0.4, 0.5) is 0 Å². The predicted molar refractivity (Wildman–Crippen MR) is 88.4 cm³/mol. The fourth-order valence-corrected chi connectivity index (χ4v) is 3.03. The highest BCUT2D eigenvalue weighted by Gasteiger charge is 2.09. The van der Waals surface area contributed by atoms with Crippen LogP contribution < -0.4 is 0 Å². The number of hydrogen-bond donors (Lipinski definition) is 0. The van der Waals surface area contributed by atoms with E-state index in [4.69, 9.17) is 0 Å². The second-order valence-corrected chi connectivity index (χ2v) is 5.47. The number of hydrogen-bond acceptors (Lipinski definition) is 1. The summed E-state index contributed by atoms with van der Waals surface area (Å²) < 4.78 is 2.25. The lowest BCUT2D eigenvalue weighted by Gasteiger charge is -2.03. The van der Waals surface area contributed by atoms with E-state index in [0.29, 0.717) is 0 Å². The summed E-state index contributed by atoms with van der Waals surface area (Å²) in [5, 5.41) is 2.58. The fourth-order valence-electron chi connectivity index (χ4n) is 3.03. The molecule has 0 bridgehead atoms. The van der Waals surface area contributed by atoms with Crippen LogP contribution in [0.15, 0.2) is 60.7 Å². The second-order valence-electron chi connectivity index (χ2n) is 5.47. The molecule has 0 saturated carbocycles. The van der Waals surface area contributed by atoms with Crippen molar-refractivity contribution in [1.82, 2.24) is 9.55 Å². The number of nitrogens with zero attached hydrogens (tertiary/aromatic N) is 2. The minimum atomic E-state index is 1.03. The largest absolute Gasteiger partial charge is 0.344 e. The van der Waals surface area contributed by atoms with E-state index in [1.54, 1.807) is 0 Å². The monoisotopic (exact) mass is 272 g/mol. The van der Waals surface area contributed by atoms with Crippen LogP contribution in [-0.2, 0) is 7.05 Å². The van der Waals surface area contributed by atoms with Crippen LogP contribution in [0.25, 0.3) is 33.1 Å². The number of para-hydroxylation sites is 1. The molecule has 21 heavy (non-hydrogen) atoms. The van der Waals surface area contributed by atoms with E-state index in [-0.39, 0.29) is 0 Å². The molecule has 0 aliphatic heterocycles. The summed E-state index contributed by atoms with van der Waals surface area (Å²) in [5.41, 5.74) is 5.77. The van der Waals surface area contributed by atoms with E-state index in [0.717, 1.165) is 11.4 Å². The minimum Gasteiger partial charge on any atom is -0.344 e. The van der Waals surface area contributed by atoms with Gasteiger partial charge in [-0.05, 0) is 37.3 Å². The van der Waals surface area contributed by atoms with Gasteiger partial charge in [0.1, 0.15) is 0 Å². The number of rotatable bonds is 1. The molecule has 0 radical (unpaired) electrons. The van der Waals surface area contributed by atoms with Crippen molar-refractivity contribution in [3.8, 4) is 11.3 Å². The highest BCUT2D eigenvalue weighted by atomic mass is 14.9. The standard InChI is InChI=1S/C19H16N2/c1-13-6-5-8-17(20-13)14-10-11-19-16(12-14)15-7-3-4-9-18(15)21(19)2/h3-12H,1-2H3. The maximum absolute atomic E-state index is 4.63. The SMILES string of the molecule is Cc1cccc(-c2ccc3c(c2)c2ccccc2n3C)n1. The number of pyridine rings is 1. The Bertz CT molecular complexity index is 964. The third-order valence-electron chi connectivity index (χ3n) is 4.10. The summed E-state index contributed by atoms with van der Waals surface area (Å²) in [7, 11) is 2.12. The zero-order valence-corrected chi connectivity index (χ0v) is 12.2. The van der Waals surface area contributed by atoms with Crippen molar-refractivity contribution in [3.63, 3.8) is 0 Å². The Hall–Kier alpha value is -2.61. The quantitative estimate of drug-likeness (QED) is 0.491. The molecule has 0 aliphatic rings. The molecule has 4 rings (SSSR count). The Morgan fingerprint density at radius 3 is 2.48 bits per heavy atom. The normalized spacial score (nSPS) is 11.3. The van der Waals surface area contributed by atoms with Gasteiger partial charge < -0.3 is 4.57 Å². The molecule has 2 heterocycles. The van der Waals surface area contributed by atoms with Crippen molar-refractivity contribution in [3.05, 3.63) is 66.4 Å². The van der Waals surface area contributed by atoms with Gasteiger partial charge in [-0.2, -0.15) is 0 Å². The summed E-state index contributed by atoms with van der Waals surface area (Å²) in [5.74, 6) is 0. The predicted octanol–water partition coefficient (Wildman–Crippen LogP) is 4.70. The minimum absolute atomic E-state index is 1.03. The van der Waals surface area contributed by atoms with Crippen LogP contribution in [0.1, 0.15) is 5.69 Å². The van der Waals surface area contributed by atoms with E-state index in [2.05, 4.69) is 71.2 Å². The van der Waals surface area contributed by atoms with Gasteiger partial charge in [0, 0.05) is 40.1 Å². The van der Waals surface area contributed by atoms with Gasteiger partial charge in [0.05, 0.1) is 5.69 Å². The maximum atomic E-state index is 4.63. The third-order valence-corrected chi connectivity index (χ3v) is 4.10. The van der Waals surface area contributed by atoms with Gasteiger partial charge in [-0.25, -0.2) is 0 Å². The van der Waals surface area contributed by atoms with Gasteiger partial charge in [-0.3, -0.25) is 4.98 Å². The van der Waals surface area contributed by atoms with Crippen LogP contribution in [0.5, 0.6) is 0 Å². The lowest BCUT2D eigenvalue weighted by Crippen LogP contribution is -1.88. The van der Waals surface area contributed by atoms with E-state index < -0.39 is 0 Å². The molecule has 2 aromatic carbocycles. The lowest BCUT2D eigenvalue weighted by molar-refractivity contribution is 1.01. The molecule has 0 aliphatic carbocycles. The van der Waals surface area contributed by atoms with Gasteiger partial charge in [0.15, 0.2) is 0 Å². The summed E-state index contributed by atoms with van der Waals surface area (Å²) >= 11 is 0. The molecule has 0 fully saturated rings. The second kappa shape index (κ2) is 4.45. The molecule has 4 aromatic rings. The summed E-state index contributed by atoms with van der Waals surface area (Å²) in [6, 6.07) is 21.3. The van der Waals surface area contributed by atoms with Crippen LogP contribution in [0.3, 0.4) is 0 Å². The van der Waals surface area contributed by atoms with Gasteiger partial charge in [0.25, 0.3) is 0 Å².